The van der Waals surface area contributed by atoms with Gasteiger partial charge in [-0.15, -0.1) is 0 Å². The van der Waals surface area contributed by atoms with Crippen LogP contribution < -0.4 is 0 Å². The van der Waals surface area contributed by atoms with Gasteiger partial charge >= 0.3 is 0 Å². The molecule has 1 aromatic carbocycles. The normalized spacial score (nSPS) is 24.5. The predicted molar refractivity (Wildman–Crippen MR) is 74.9 cm³/mol. The third-order valence-electron chi connectivity index (χ3n) is 4.65. The molecule has 0 nitrogen and oxygen atoms in total. The summed E-state index contributed by atoms with van der Waals surface area (Å²) in [6.45, 7) is 7.38. The van der Waals surface area contributed by atoms with Crippen LogP contribution >= 0.6 is 0 Å². The third-order valence-corrected chi connectivity index (χ3v) is 9.08. The van der Waals surface area contributed by atoms with Gasteiger partial charge in [0, 0.05) is 8.80 Å². The number of fused-ring (bicyclic) bond motifs is 1. The summed E-state index contributed by atoms with van der Waals surface area (Å²) in [5.74, 6) is 0. The average Bonchev–Trinajstić information content (AvgIpc) is 2.30. The molecule has 0 saturated carbocycles. The zero-order chi connectivity index (χ0) is 11.6. The van der Waals surface area contributed by atoms with Crippen LogP contribution in [0.5, 0.6) is 0 Å². The highest BCUT2D eigenvalue weighted by molar-refractivity contribution is 6.62. The lowest BCUT2D eigenvalue weighted by Crippen LogP contribution is -2.34. The molecule has 2 rings (SSSR count). The van der Waals surface area contributed by atoms with Gasteiger partial charge in [0.1, 0.15) is 0 Å². The van der Waals surface area contributed by atoms with Gasteiger partial charge in [-0.2, -0.15) is 0 Å². The molecule has 0 radical (unpaired) electrons. The predicted octanol–water partition coefficient (Wildman–Crippen LogP) is 4.20. The summed E-state index contributed by atoms with van der Waals surface area (Å²) in [7, 11) is -0.547. The Kier molecular flexibility index (Phi) is 3.53. The van der Waals surface area contributed by atoms with Gasteiger partial charge in [-0.3, -0.25) is 0 Å². The first-order valence-corrected chi connectivity index (χ1v) is 8.97. The van der Waals surface area contributed by atoms with Crippen molar-refractivity contribution in [1.82, 2.24) is 0 Å². The molecule has 0 unspecified atom stereocenters. The highest BCUT2D eigenvalue weighted by atomic mass is 28.3. The van der Waals surface area contributed by atoms with Crippen molar-refractivity contribution in [1.29, 1.82) is 0 Å². The van der Waals surface area contributed by atoms with Crippen molar-refractivity contribution in [2.75, 3.05) is 0 Å². The lowest BCUT2D eigenvalue weighted by atomic mass is 9.84. The first kappa shape index (κ1) is 11.9. The Morgan fingerprint density at radius 1 is 1.12 bits per heavy atom. The molecule has 16 heavy (non-hydrogen) atoms. The van der Waals surface area contributed by atoms with Crippen molar-refractivity contribution in [3.05, 3.63) is 35.4 Å². The van der Waals surface area contributed by atoms with Gasteiger partial charge in [0.25, 0.3) is 0 Å². The molecule has 1 aromatic rings. The van der Waals surface area contributed by atoms with Crippen LogP contribution in [0.2, 0.25) is 17.1 Å². The smallest absolute Gasteiger partial charge is 0.0428 e. The molecule has 0 fully saturated rings. The summed E-state index contributed by atoms with van der Waals surface area (Å²) in [6, 6.07) is 12.0. The van der Waals surface area contributed by atoms with Gasteiger partial charge in [0.05, 0.1) is 0 Å². The van der Waals surface area contributed by atoms with Crippen molar-refractivity contribution in [2.24, 2.45) is 0 Å². The summed E-state index contributed by atoms with van der Waals surface area (Å²) < 4.78 is 0. The molecule has 0 heterocycles. The number of benzene rings is 1. The SMILES string of the molecule is CC[SiH](CC)[C@@]1(C)CCc2ccccc2C1. The molecule has 0 bridgehead atoms. The number of rotatable bonds is 3. The van der Waals surface area contributed by atoms with E-state index >= 15 is 0 Å². The van der Waals surface area contributed by atoms with E-state index in [-0.39, 0.29) is 0 Å². The fourth-order valence-corrected chi connectivity index (χ4v) is 7.15. The quantitative estimate of drug-likeness (QED) is 0.685. The van der Waals surface area contributed by atoms with Crippen LogP contribution in [0.25, 0.3) is 0 Å². The Labute approximate surface area is 102 Å². The molecule has 0 saturated heterocycles. The molecule has 0 aromatic heterocycles. The monoisotopic (exact) mass is 232 g/mol. The maximum atomic E-state index is 2.56. The molecule has 1 aliphatic carbocycles. The fraction of sp³-hybridized carbons (Fsp3) is 0.600. The zero-order valence-electron chi connectivity index (χ0n) is 10.9. The molecule has 1 atom stereocenters. The van der Waals surface area contributed by atoms with E-state index in [1.807, 2.05) is 0 Å². The van der Waals surface area contributed by atoms with Crippen LogP contribution in [0.3, 0.4) is 0 Å². The van der Waals surface area contributed by atoms with Crippen LogP contribution in [0.1, 0.15) is 38.3 Å². The molecule has 0 aliphatic heterocycles. The van der Waals surface area contributed by atoms with Gasteiger partial charge in [-0.25, -0.2) is 0 Å². The summed E-state index contributed by atoms with van der Waals surface area (Å²) in [4.78, 5) is 0. The maximum Gasteiger partial charge on any atom is 0.0428 e. The molecule has 0 N–H and O–H groups in total. The van der Waals surface area contributed by atoms with E-state index in [0.29, 0.717) is 5.04 Å². The van der Waals surface area contributed by atoms with Gasteiger partial charge in [-0.1, -0.05) is 57.1 Å². The average molecular weight is 232 g/mol. The number of aryl methyl sites for hydroxylation is 1. The summed E-state index contributed by atoms with van der Waals surface area (Å²) in [5.41, 5.74) is 3.25. The highest BCUT2D eigenvalue weighted by Crippen LogP contribution is 2.45. The van der Waals surface area contributed by atoms with Gasteiger partial charge in [0.15, 0.2) is 0 Å². The Balaban J connectivity index is 2.23. The Bertz CT molecular complexity index is 354. The van der Waals surface area contributed by atoms with Crippen molar-refractivity contribution in [3.63, 3.8) is 0 Å². The first-order valence-electron chi connectivity index (χ1n) is 6.76. The summed E-state index contributed by atoms with van der Waals surface area (Å²) in [6.07, 6.45) is 4.10. The minimum atomic E-state index is -0.547. The molecule has 1 aliphatic rings. The first-order chi connectivity index (χ1) is 7.69. The minimum absolute atomic E-state index is 0.547. The van der Waals surface area contributed by atoms with Gasteiger partial charge < -0.3 is 0 Å². The molecular weight excluding hydrogens is 208 g/mol. The topological polar surface area (TPSA) is 0 Å². The van der Waals surface area contributed by atoms with Crippen LogP contribution in [0.15, 0.2) is 24.3 Å². The summed E-state index contributed by atoms with van der Waals surface area (Å²) >= 11 is 0. The Morgan fingerprint density at radius 2 is 1.75 bits per heavy atom. The van der Waals surface area contributed by atoms with Crippen LogP contribution in [-0.2, 0) is 12.8 Å². The fourth-order valence-electron chi connectivity index (χ4n) is 3.54. The Hall–Kier alpha value is -0.563. The largest absolute Gasteiger partial charge is 0.0680 e. The standard InChI is InChI=1S/C15H24Si/c1-4-16(5-2)15(3)11-10-13-8-6-7-9-14(13)12-15/h6-9,16H,4-5,10-12H2,1-3H3/t15-/m0/s1. The lowest BCUT2D eigenvalue weighted by molar-refractivity contribution is 0.506. The molecule has 88 valence electrons. The van der Waals surface area contributed by atoms with E-state index in [1.54, 1.807) is 11.1 Å². The van der Waals surface area contributed by atoms with Crippen molar-refractivity contribution in [2.45, 2.75) is 57.2 Å². The second-order valence-corrected chi connectivity index (χ2v) is 10.0. The van der Waals surface area contributed by atoms with E-state index in [4.69, 9.17) is 0 Å². The third kappa shape index (κ3) is 2.10. The van der Waals surface area contributed by atoms with E-state index in [0.717, 1.165) is 0 Å². The second kappa shape index (κ2) is 4.75. The summed E-state index contributed by atoms with van der Waals surface area (Å²) in [5, 5.41) is 0.678. The van der Waals surface area contributed by atoms with E-state index in [9.17, 15) is 0 Å². The van der Waals surface area contributed by atoms with E-state index in [2.05, 4.69) is 45.0 Å². The molecular formula is C15H24Si. The van der Waals surface area contributed by atoms with E-state index < -0.39 is 8.80 Å². The van der Waals surface area contributed by atoms with E-state index in [1.165, 1.54) is 31.4 Å². The zero-order valence-corrected chi connectivity index (χ0v) is 12.1. The van der Waals surface area contributed by atoms with Crippen molar-refractivity contribution >= 4 is 8.80 Å². The minimum Gasteiger partial charge on any atom is -0.0680 e. The van der Waals surface area contributed by atoms with Gasteiger partial charge in [-0.05, 0) is 35.4 Å². The molecule has 0 amide bonds. The lowest BCUT2D eigenvalue weighted by Gasteiger charge is -2.40. The van der Waals surface area contributed by atoms with Crippen LogP contribution in [0.4, 0.5) is 0 Å². The number of hydrogen-bond donors (Lipinski definition) is 0. The second-order valence-electron chi connectivity index (χ2n) is 5.61. The Morgan fingerprint density at radius 3 is 2.38 bits per heavy atom. The number of hydrogen-bond acceptors (Lipinski definition) is 0. The van der Waals surface area contributed by atoms with Crippen molar-refractivity contribution in [3.8, 4) is 0 Å². The maximum absolute atomic E-state index is 2.56. The highest BCUT2D eigenvalue weighted by Gasteiger charge is 2.35. The molecule has 1 heteroatoms. The van der Waals surface area contributed by atoms with Crippen LogP contribution in [0, 0.1) is 0 Å². The van der Waals surface area contributed by atoms with Crippen molar-refractivity contribution < 1.29 is 0 Å². The van der Waals surface area contributed by atoms with Crippen LogP contribution in [-0.4, -0.2) is 8.80 Å². The molecule has 0 spiro atoms. The van der Waals surface area contributed by atoms with Gasteiger partial charge in [0.2, 0.25) is 0 Å².